The molecule has 0 spiro atoms. The van der Waals surface area contributed by atoms with Crippen LogP contribution < -0.4 is 5.32 Å². The van der Waals surface area contributed by atoms with Crippen molar-refractivity contribution in [1.29, 1.82) is 5.41 Å². The molecular weight excluding hydrogens is 148 g/mol. The standard InChI is InChI=1S/C10H12N2/c1-9-5-2-3-6-10(9)12-8-4-7-11/h2-8,11-12H,1H3/b8-4-,11-7?. The van der Waals surface area contributed by atoms with E-state index in [1.807, 2.05) is 31.2 Å². The van der Waals surface area contributed by atoms with E-state index in [1.54, 1.807) is 12.3 Å². The maximum atomic E-state index is 6.77. The van der Waals surface area contributed by atoms with E-state index in [1.165, 1.54) is 11.8 Å². The van der Waals surface area contributed by atoms with E-state index >= 15 is 0 Å². The third kappa shape index (κ3) is 2.23. The molecule has 12 heavy (non-hydrogen) atoms. The third-order valence-electron chi connectivity index (χ3n) is 1.58. The minimum atomic E-state index is 1.08. The van der Waals surface area contributed by atoms with Gasteiger partial charge in [0.2, 0.25) is 0 Å². The van der Waals surface area contributed by atoms with E-state index in [0.29, 0.717) is 0 Å². The van der Waals surface area contributed by atoms with Crippen LogP contribution in [-0.2, 0) is 0 Å². The Morgan fingerprint density at radius 3 is 2.75 bits per heavy atom. The maximum absolute atomic E-state index is 6.77. The summed E-state index contributed by atoms with van der Waals surface area (Å²) in [5, 5.41) is 9.85. The van der Waals surface area contributed by atoms with Gasteiger partial charge in [0.05, 0.1) is 0 Å². The Bertz CT molecular complexity index is 290. The van der Waals surface area contributed by atoms with E-state index in [2.05, 4.69) is 5.32 Å². The van der Waals surface area contributed by atoms with Crippen LogP contribution in [0, 0.1) is 12.3 Å². The van der Waals surface area contributed by atoms with Gasteiger partial charge in [-0.15, -0.1) is 0 Å². The van der Waals surface area contributed by atoms with Gasteiger partial charge in [0, 0.05) is 18.1 Å². The average Bonchev–Trinajstić information content (AvgIpc) is 2.09. The molecule has 0 aromatic heterocycles. The van der Waals surface area contributed by atoms with Crippen molar-refractivity contribution in [2.45, 2.75) is 6.92 Å². The van der Waals surface area contributed by atoms with E-state index in [0.717, 1.165) is 5.69 Å². The van der Waals surface area contributed by atoms with E-state index in [4.69, 9.17) is 5.41 Å². The van der Waals surface area contributed by atoms with Crippen LogP contribution in [0.4, 0.5) is 5.69 Å². The third-order valence-corrected chi connectivity index (χ3v) is 1.58. The molecular formula is C10H12N2. The highest BCUT2D eigenvalue weighted by Crippen LogP contribution is 2.12. The Morgan fingerprint density at radius 2 is 2.08 bits per heavy atom. The second-order valence-electron chi connectivity index (χ2n) is 2.49. The van der Waals surface area contributed by atoms with E-state index < -0.39 is 0 Å². The van der Waals surface area contributed by atoms with Crippen LogP contribution in [0.2, 0.25) is 0 Å². The topological polar surface area (TPSA) is 35.9 Å². The number of benzene rings is 1. The van der Waals surface area contributed by atoms with Crippen LogP contribution >= 0.6 is 0 Å². The number of para-hydroxylation sites is 1. The highest BCUT2D eigenvalue weighted by Gasteiger charge is 1.90. The van der Waals surface area contributed by atoms with Gasteiger partial charge in [-0.25, -0.2) is 0 Å². The van der Waals surface area contributed by atoms with Crippen molar-refractivity contribution >= 4 is 11.9 Å². The zero-order valence-electron chi connectivity index (χ0n) is 7.04. The molecule has 0 unspecified atom stereocenters. The summed E-state index contributed by atoms with van der Waals surface area (Å²) in [6.07, 6.45) is 4.63. The Balaban J connectivity index is 2.69. The molecule has 0 heterocycles. The van der Waals surface area contributed by atoms with Gasteiger partial charge in [-0.2, -0.15) is 0 Å². The lowest BCUT2D eigenvalue weighted by molar-refractivity contribution is 1.44. The van der Waals surface area contributed by atoms with Gasteiger partial charge in [0.25, 0.3) is 0 Å². The number of nitrogens with one attached hydrogen (secondary N) is 2. The molecule has 0 aliphatic rings. The second kappa shape index (κ2) is 4.34. The lowest BCUT2D eigenvalue weighted by Gasteiger charge is -2.02. The normalized spacial score (nSPS) is 10.1. The van der Waals surface area contributed by atoms with Crippen molar-refractivity contribution in [3.05, 3.63) is 42.1 Å². The number of hydrogen-bond donors (Lipinski definition) is 2. The predicted molar refractivity (Wildman–Crippen MR) is 52.7 cm³/mol. The van der Waals surface area contributed by atoms with Crippen LogP contribution in [0.5, 0.6) is 0 Å². The Hall–Kier alpha value is -1.57. The van der Waals surface area contributed by atoms with Crippen molar-refractivity contribution in [2.24, 2.45) is 0 Å². The molecule has 0 atom stereocenters. The molecule has 2 heteroatoms. The van der Waals surface area contributed by atoms with Gasteiger partial charge in [-0.3, -0.25) is 0 Å². The SMILES string of the molecule is Cc1ccccc1N/C=C\C=N. The molecule has 0 aliphatic heterocycles. The first-order valence-corrected chi connectivity index (χ1v) is 3.82. The minimum Gasteiger partial charge on any atom is -0.361 e. The smallest absolute Gasteiger partial charge is 0.0409 e. The summed E-state index contributed by atoms with van der Waals surface area (Å²) < 4.78 is 0. The summed E-state index contributed by atoms with van der Waals surface area (Å²) in [6.45, 7) is 2.04. The molecule has 0 saturated heterocycles. The van der Waals surface area contributed by atoms with E-state index in [-0.39, 0.29) is 0 Å². The lowest BCUT2D eigenvalue weighted by atomic mass is 10.2. The van der Waals surface area contributed by atoms with Gasteiger partial charge in [0.15, 0.2) is 0 Å². The molecule has 62 valence electrons. The summed E-state index contributed by atoms with van der Waals surface area (Å²) in [6, 6.07) is 8.03. The van der Waals surface area contributed by atoms with Crippen molar-refractivity contribution in [2.75, 3.05) is 5.32 Å². The van der Waals surface area contributed by atoms with Gasteiger partial charge >= 0.3 is 0 Å². The van der Waals surface area contributed by atoms with E-state index in [9.17, 15) is 0 Å². The molecule has 2 N–H and O–H groups in total. The van der Waals surface area contributed by atoms with Crippen LogP contribution in [-0.4, -0.2) is 6.21 Å². The Labute approximate surface area is 72.4 Å². The summed E-state index contributed by atoms with van der Waals surface area (Å²) in [4.78, 5) is 0. The quantitative estimate of drug-likeness (QED) is 0.655. The summed E-state index contributed by atoms with van der Waals surface area (Å²) in [5.74, 6) is 0. The molecule has 0 radical (unpaired) electrons. The fraction of sp³-hybridized carbons (Fsp3) is 0.100. The van der Waals surface area contributed by atoms with Gasteiger partial charge in [-0.05, 0) is 24.6 Å². The molecule has 0 bridgehead atoms. The molecule has 2 nitrogen and oxygen atoms in total. The number of anilines is 1. The Morgan fingerprint density at radius 1 is 1.33 bits per heavy atom. The highest BCUT2D eigenvalue weighted by atomic mass is 14.8. The average molecular weight is 160 g/mol. The first-order chi connectivity index (χ1) is 5.84. The lowest BCUT2D eigenvalue weighted by Crippen LogP contribution is -1.89. The molecule has 0 aliphatic carbocycles. The maximum Gasteiger partial charge on any atom is 0.0409 e. The fourth-order valence-electron chi connectivity index (χ4n) is 0.921. The zero-order chi connectivity index (χ0) is 8.81. The van der Waals surface area contributed by atoms with Crippen molar-refractivity contribution in [3.63, 3.8) is 0 Å². The fourth-order valence-corrected chi connectivity index (χ4v) is 0.921. The molecule has 1 aromatic carbocycles. The number of rotatable bonds is 3. The number of allylic oxidation sites excluding steroid dienone is 1. The molecule has 0 fully saturated rings. The summed E-state index contributed by atoms with van der Waals surface area (Å²) in [5.41, 5.74) is 2.28. The Kier molecular flexibility index (Phi) is 3.08. The summed E-state index contributed by atoms with van der Waals surface area (Å²) in [7, 11) is 0. The van der Waals surface area contributed by atoms with Gasteiger partial charge in [0.1, 0.15) is 0 Å². The predicted octanol–water partition coefficient (Wildman–Crippen LogP) is 2.57. The monoisotopic (exact) mass is 160 g/mol. The highest BCUT2D eigenvalue weighted by molar-refractivity contribution is 5.68. The first-order valence-electron chi connectivity index (χ1n) is 3.82. The largest absolute Gasteiger partial charge is 0.361 e. The van der Waals surface area contributed by atoms with Crippen LogP contribution in [0.3, 0.4) is 0 Å². The van der Waals surface area contributed by atoms with Crippen molar-refractivity contribution < 1.29 is 0 Å². The van der Waals surface area contributed by atoms with Crippen LogP contribution in [0.1, 0.15) is 5.56 Å². The number of aryl methyl sites for hydroxylation is 1. The summed E-state index contributed by atoms with van der Waals surface area (Å²) >= 11 is 0. The first kappa shape index (κ1) is 8.53. The molecule has 0 amide bonds. The molecule has 1 rings (SSSR count). The van der Waals surface area contributed by atoms with Gasteiger partial charge in [-0.1, -0.05) is 18.2 Å². The van der Waals surface area contributed by atoms with Gasteiger partial charge < -0.3 is 10.7 Å². The van der Waals surface area contributed by atoms with Crippen molar-refractivity contribution in [1.82, 2.24) is 0 Å². The zero-order valence-corrected chi connectivity index (χ0v) is 7.04. The van der Waals surface area contributed by atoms with Crippen LogP contribution in [0.25, 0.3) is 0 Å². The molecule has 0 saturated carbocycles. The second-order valence-corrected chi connectivity index (χ2v) is 2.49. The molecule has 1 aromatic rings. The minimum absolute atomic E-state index is 1.08. The van der Waals surface area contributed by atoms with Crippen molar-refractivity contribution in [3.8, 4) is 0 Å². The van der Waals surface area contributed by atoms with Crippen LogP contribution in [0.15, 0.2) is 36.5 Å². The number of hydrogen-bond acceptors (Lipinski definition) is 2.